The monoisotopic (exact) mass is 283 g/mol. The summed E-state index contributed by atoms with van der Waals surface area (Å²) in [5, 5.41) is 9.56. The molecule has 2 N–H and O–H groups in total. The molecule has 2 heterocycles. The molecule has 3 nitrogen and oxygen atoms in total. The van der Waals surface area contributed by atoms with E-state index in [2.05, 4.69) is 60.7 Å². The summed E-state index contributed by atoms with van der Waals surface area (Å²) >= 11 is 0. The van der Waals surface area contributed by atoms with E-state index in [9.17, 15) is 0 Å². The summed E-state index contributed by atoms with van der Waals surface area (Å²) in [5.41, 5.74) is 1.52. The molecule has 1 aromatic carbocycles. The van der Waals surface area contributed by atoms with Crippen LogP contribution in [-0.2, 0) is 5.41 Å². The number of piperidine rings is 1. The number of benzene rings is 1. The average molecular weight is 283 g/mol. The van der Waals surface area contributed by atoms with Crippen molar-refractivity contribution >= 4 is 16.6 Å². The maximum atomic E-state index is 4.59. The Morgan fingerprint density at radius 2 is 1.90 bits per heavy atom. The summed E-state index contributed by atoms with van der Waals surface area (Å²) in [5.74, 6) is 1.03. The summed E-state index contributed by atoms with van der Waals surface area (Å²) in [6.07, 6.45) is 4.23. The minimum atomic E-state index is 0.163. The first-order chi connectivity index (χ1) is 10.0. The van der Waals surface area contributed by atoms with E-state index in [0.717, 1.165) is 31.7 Å². The molecule has 0 spiro atoms. The van der Waals surface area contributed by atoms with E-state index >= 15 is 0 Å². The molecule has 1 aromatic heterocycles. The van der Waals surface area contributed by atoms with Gasteiger partial charge in [0, 0.05) is 17.6 Å². The highest BCUT2D eigenvalue weighted by atomic mass is 15.0. The Morgan fingerprint density at radius 1 is 1.14 bits per heavy atom. The molecule has 21 heavy (non-hydrogen) atoms. The van der Waals surface area contributed by atoms with Crippen LogP contribution in [0.5, 0.6) is 0 Å². The quantitative estimate of drug-likeness (QED) is 0.882. The van der Waals surface area contributed by atoms with Gasteiger partial charge < -0.3 is 10.6 Å². The Labute approximate surface area is 127 Å². The van der Waals surface area contributed by atoms with Crippen molar-refractivity contribution in [2.45, 2.75) is 45.1 Å². The lowest BCUT2D eigenvalue weighted by Gasteiger charge is -2.25. The van der Waals surface area contributed by atoms with Crippen LogP contribution in [0.2, 0.25) is 0 Å². The SMILES string of the molecule is CC(C)(C)c1ccc2ccnc(NC3CCNCC3)c2c1. The van der Waals surface area contributed by atoms with E-state index in [1.54, 1.807) is 0 Å². The number of nitrogens with zero attached hydrogens (tertiary/aromatic N) is 1. The summed E-state index contributed by atoms with van der Waals surface area (Å²) in [7, 11) is 0. The zero-order chi connectivity index (χ0) is 14.9. The van der Waals surface area contributed by atoms with Crippen LogP contribution in [0.4, 0.5) is 5.82 Å². The second-order valence-electron chi connectivity index (χ2n) is 7.01. The summed E-state index contributed by atoms with van der Waals surface area (Å²) in [4.78, 5) is 4.59. The third-order valence-corrected chi connectivity index (χ3v) is 4.31. The van der Waals surface area contributed by atoms with Gasteiger partial charge in [-0.1, -0.05) is 32.9 Å². The van der Waals surface area contributed by atoms with Crippen LogP contribution in [0.1, 0.15) is 39.2 Å². The molecule has 0 radical (unpaired) electrons. The molecular weight excluding hydrogens is 258 g/mol. The third-order valence-electron chi connectivity index (χ3n) is 4.31. The molecule has 3 rings (SSSR count). The number of pyridine rings is 1. The minimum Gasteiger partial charge on any atom is -0.367 e. The van der Waals surface area contributed by atoms with Crippen LogP contribution in [0.3, 0.4) is 0 Å². The fourth-order valence-corrected chi connectivity index (χ4v) is 2.91. The van der Waals surface area contributed by atoms with Gasteiger partial charge in [-0.05, 0) is 54.4 Å². The van der Waals surface area contributed by atoms with Crippen LogP contribution in [0.15, 0.2) is 30.5 Å². The largest absolute Gasteiger partial charge is 0.367 e. The molecule has 2 aromatic rings. The average Bonchev–Trinajstić information content (AvgIpc) is 2.47. The zero-order valence-corrected chi connectivity index (χ0v) is 13.2. The van der Waals surface area contributed by atoms with Gasteiger partial charge >= 0.3 is 0 Å². The maximum Gasteiger partial charge on any atom is 0.134 e. The van der Waals surface area contributed by atoms with Crippen LogP contribution in [-0.4, -0.2) is 24.1 Å². The number of aromatic nitrogens is 1. The smallest absolute Gasteiger partial charge is 0.134 e. The van der Waals surface area contributed by atoms with E-state index in [-0.39, 0.29) is 5.41 Å². The molecule has 0 bridgehead atoms. The Balaban J connectivity index is 1.97. The number of anilines is 1. The molecule has 0 unspecified atom stereocenters. The van der Waals surface area contributed by atoms with Crippen molar-refractivity contribution in [3.05, 3.63) is 36.0 Å². The van der Waals surface area contributed by atoms with E-state index in [1.165, 1.54) is 16.3 Å². The summed E-state index contributed by atoms with van der Waals surface area (Å²) < 4.78 is 0. The van der Waals surface area contributed by atoms with Crippen LogP contribution in [0, 0.1) is 0 Å². The zero-order valence-electron chi connectivity index (χ0n) is 13.2. The number of nitrogens with one attached hydrogen (secondary N) is 2. The van der Waals surface area contributed by atoms with Crippen LogP contribution >= 0.6 is 0 Å². The number of hydrogen-bond donors (Lipinski definition) is 2. The molecule has 1 saturated heterocycles. The molecule has 3 heteroatoms. The topological polar surface area (TPSA) is 37.0 Å². The minimum absolute atomic E-state index is 0.163. The van der Waals surface area contributed by atoms with Crippen molar-refractivity contribution in [1.29, 1.82) is 0 Å². The highest BCUT2D eigenvalue weighted by Gasteiger charge is 2.17. The second-order valence-corrected chi connectivity index (χ2v) is 7.01. The maximum absolute atomic E-state index is 4.59. The highest BCUT2D eigenvalue weighted by molar-refractivity contribution is 5.92. The highest BCUT2D eigenvalue weighted by Crippen LogP contribution is 2.29. The third kappa shape index (κ3) is 3.18. The number of rotatable bonds is 2. The van der Waals surface area contributed by atoms with Crippen molar-refractivity contribution in [3.8, 4) is 0 Å². The number of hydrogen-bond acceptors (Lipinski definition) is 3. The Kier molecular flexibility index (Phi) is 3.85. The van der Waals surface area contributed by atoms with Gasteiger partial charge in [0.25, 0.3) is 0 Å². The predicted octanol–water partition coefficient (Wildman–Crippen LogP) is 3.70. The molecule has 112 valence electrons. The van der Waals surface area contributed by atoms with Gasteiger partial charge in [-0.2, -0.15) is 0 Å². The lowest BCUT2D eigenvalue weighted by Crippen LogP contribution is -2.35. The molecule has 0 saturated carbocycles. The van der Waals surface area contributed by atoms with Gasteiger partial charge in [0.1, 0.15) is 5.82 Å². The van der Waals surface area contributed by atoms with E-state index in [4.69, 9.17) is 0 Å². The fourth-order valence-electron chi connectivity index (χ4n) is 2.91. The van der Waals surface area contributed by atoms with Crippen molar-refractivity contribution in [2.24, 2.45) is 0 Å². The lowest BCUT2D eigenvalue weighted by atomic mass is 9.86. The van der Waals surface area contributed by atoms with Gasteiger partial charge in [0.2, 0.25) is 0 Å². The van der Waals surface area contributed by atoms with Gasteiger partial charge in [0.15, 0.2) is 0 Å². The molecule has 1 aliphatic rings. The lowest BCUT2D eigenvalue weighted by molar-refractivity contribution is 0.478. The Hall–Kier alpha value is -1.61. The molecular formula is C18H25N3. The first-order valence-electron chi connectivity index (χ1n) is 7.90. The molecule has 0 amide bonds. The Morgan fingerprint density at radius 3 is 2.62 bits per heavy atom. The van der Waals surface area contributed by atoms with Crippen LogP contribution < -0.4 is 10.6 Å². The van der Waals surface area contributed by atoms with Crippen molar-refractivity contribution in [2.75, 3.05) is 18.4 Å². The number of fused-ring (bicyclic) bond motifs is 1. The van der Waals surface area contributed by atoms with E-state index < -0.39 is 0 Å². The normalized spacial score (nSPS) is 17.1. The standard InChI is InChI=1S/C18H25N3/c1-18(2,3)14-5-4-13-6-11-20-17(16(13)12-14)21-15-7-9-19-10-8-15/h4-6,11-12,15,19H,7-10H2,1-3H3,(H,20,21). The molecule has 0 atom stereocenters. The Bertz CT molecular complexity index is 622. The summed E-state index contributed by atoms with van der Waals surface area (Å²) in [6.45, 7) is 8.95. The van der Waals surface area contributed by atoms with E-state index in [1.807, 2.05) is 6.20 Å². The predicted molar refractivity (Wildman–Crippen MR) is 90.0 cm³/mol. The first-order valence-corrected chi connectivity index (χ1v) is 7.90. The summed E-state index contributed by atoms with van der Waals surface area (Å²) in [6, 6.07) is 9.37. The molecule has 1 aliphatic heterocycles. The van der Waals surface area contributed by atoms with Crippen molar-refractivity contribution in [3.63, 3.8) is 0 Å². The van der Waals surface area contributed by atoms with Gasteiger partial charge in [-0.25, -0.2) is 4.98 Å². The first kappa shape index (κ1) is 14.3. The van der Waals surface area contributed by atoms with Gasteiger partial charge in [-0.3, -0.25) is 0 Å². The van der Waals surface area contributed by atoms with Crippen LogP contribution in [0.25, 0.3) is 10.8 Å². The van der Waals surface area contributed by atoms with Gasteiger partial charge in [-0.15, -0.1) is 0 Å². The second kappa shape index (κ2) is 5.64. The van der Waals surface area contributed by atoms with E-state index in [0.29, 0.717) is 6.04 Å². The van der Waals surface area contributed by atoms with Crippen molar-refractivity contribution < 1.29 is 0 Å². The van der Waals surface area contributed by atoms with Crippen molar-refractivity contribution in [1.82, 2.24) is 10.3 Å². The fraction of sp³-hybridized carbons (Fsp3) is 0.500. The van der Waals surface area contributed by atoms with Gasteiger partial charge in [0.05, 0.1) is 0 Å². The molecule has 1 fully saturated rings. The molecule has 0 aliphatic carbocycles.